The van der Waals surface area contributed by atoms with Gasteiger partial charge in [0, 0.05) is 24.7 Å². The average molecular weight is 310 g/mol. The molecular formula is C15H22N2O3S. The minimum Gasteiger partial charge on any atom is -0.472 e. The van der Waals surface area contributed by atoms with E-state index in [4.69, 9.17) is 4.74 Å². The fourth-order valence-corrected chi connectivity index (χ4v) is 5.34. The van der Waals surface area contributed by atoms with E-state index < -0.39 is 10.0 Å². The topological polar surface area (TPSA) is 59.5 Å². The van der Waals surface area contributed by atoms with Gasteiger partial charge in [0.25, 0.3) is 0 Å². The lowest BCUT2D eigenvalue weighted by atomic mass is 10.1. The van der Waals surface area contributed by atoms with Crippen molar-refractivity contribution in [3.05, 3.63) is 24.4 Å². The molecule has 2 fully saturated rings. The molecule has 1 aliphatic carbocycles. The van der Waals surface area contributed by atoms with Crippen molar-refractivity contribution in [3.63, 3.8) is 0 Å². The number of nitrogens with zero attached hydrogens (tertiary/aromatic N) is 2. The highest BCUT2D eigenvalue weighted by Crippen LogP contribution is 2.41. The zero-order valence-corrected chi connectivity index (χ0v) is 13.1. The van der Waals surface area contributed by atoms with E-state index in [1.807, 2.05) is 25.1 Å². The number of hydrogen-bond acceptors (Lipinski definition) is 4. The van der Waals surface area contributed by atoms with E-state index >= 15 is 0 Å². The second kappa shape index (κ2) is 5.93. The van der Waals surface area contributed by atoms with Crippen molar-refractivity contribution in [2.45, 2.75) is 44.8 Å². The van der Waals surface area contributed by atoms with Gasteiger partial charge in [0.05, 0.1) is 11.8 Å². The molecule has 0 spiro atoms. The number of fused-ring (bicyclic) bond motifs is 2. The molecular weight excluding hydrogens is 288 g/mol. The molecule has 0 amide bonds. The van der Waals surface area contributed by atoms with Crippen LogP contribution in [-0.2, 0) is 10.0 Å². The summed E-state index contributed by atoms with van der Waals surface area (Å²) in [5.41, 5.74) is 0. The first kappa shape index (κ1) is 14.8. The fraction of sp³-hybridized carbons (Fsp3) is 0.667. The monoisotopic (exact) mass is 310 g/mol. The minimum atomic E-state index is -3.15. The summed E-state index contributed by atoms with van der Waals surface area (Å²) in [6, 6.07) is 5.54. The van der Waals surface area contributed by atoms with Gasteiger partial charge in [0.15, 0.2) is 0 Å². The molecule has 3 atom stereocenters. The van der Waals surface area contributed by atoms with Crippen molar-refractivity contribution in [1.29, 1.82) is 0 Å². The van der Waals surface area contributed by atoms with Crippen LogP contribution in [0.3, 0.4) is 0 Å². The van der Waals surface area contributed by atoms with Gasteiger partial charge in [-0.15, -0.1) is 0 Å². The van der Waals surface area contributed by atoms with Crippen LogP contribution < -0.4 is 4.74 Å². The van der Waals surface area contributed by atoms with Crippen molar-refractivity contribution in [1.82, 2.24) is 9.29 Å². The maximum Gasteiger partial charge on any atom is 0.214 e. The largest absolute Gasteiger partial charge is 0.472 e. The van der Waals surface area contributed by atoms with Crippen LogP contribution in [-0.4, -0.2) is 42.2 Å². The maximum atomic E-state index is 12.4. The van der Waals surface area contributed by atoms with Crippen LogP contribution in [0.2, 0.25) is 0 Å². The first-order chi connectivity index (χ1) is 10.1. The van der Waals surface area contributed by atoms with E-state index in [9.17, 15) is 8.42 Å². The molecule has 0 N–H and O–H groups in total. The predicted octanol–water partition coefficient (Wildman–Crippen LogP) is 2.05. The molecule has 3 rings (SSSR count). The highest BCUT2D eigenvalue weighted by molar-refractivity contribution is 7.89. The Kier molecular flexibility index (Phi) is 4.17. The first-order valence-corrected chi connectivity index (χ1v) is 9.30. The number of ether oxygens (including phenoxy) is 1. The molecule has 1 aromatic rings. The number of pyridine rings is 1. The lowest BCUT2D eigenvalue weighted by Crippen LogP contribution is -2.41. The first-order valence-electron chi connectivity index (χ1n) is 7.69. The number of hydrogen-bond donors (Lipinski definition) is 0. The zero-order valence-electron chi connectivity index (χ0n) is 12.3. The third-order valence-electron chi connectivity index (χ3n) is 4.47. The second-order valence-corrected chi connectivity index (χ2v) is 7.94. The van der Waals surface area contributed by atoms with Gasteiger partial charge in [-0.05, 0) is 25.3 Å². The van der Waals surface area contributed by atoms with Crippen LogP contribution >= 0.6 is 0 Å². The molecule has 2 heterocycles. The molecule has 0 aromatic carbocycles. The van der Waals surface area contributed by atoms with E-state index in [0.717, 1.165) is 25.7 Å². The SMILES string of the molecule is CCCCS(=O)(=O)N1C[C@H]2CC[C@H]1[C@H]2Oc1ccccn1. The van der Waals surface area contributed by atoms with E-state index in [-0.39, 0.29) is 17.9 Å². The Morgan fingerprint density at radius 2 is 2.24 bits per heavy atom. The molecule has 1 aromatic heterocycles. The third kappa shape index (κ3) is 2.92. The number of rotatable bonds is 6. The Labute approximate surface area is 126 Å². The van der Waals surface area contributed by atoms with Gasteiger partial charge < -0.3 is 4.74 Å². The smallest absolute Gasteiger partial charge is 0.214 e. The molecule has 2 aliphatic rings. The number of sulfonamides is 1. The summed E-state index contributed by atoms with van der Waals surface area (Å²) in [5, 5.41) is 0. The van der Waals surface area contributed by atoms with Crippen molar-refractivity contribution in [2.75, 3.05) is 12.3 Å². The van der Waals surface area contributed by atoms with Crippen molar-refractivity contribution in [2.24, 2.45) is 5.92 Å². The molecule has 21 heavy (non-hydrogen) atoms. The number of piperidine rings is 1. The average Bonchev–Trinajstić information content (AvgIpc) is 3.04. The van der Waals surface area contributed by atoms with E-state index in [0.29, 0.717) is 18.3 Å². The lowest BCUT2D eigenvalue weighted by Gasteiger charge is -2.26. The molecule has 5 nitrogen and oxygen atoms in total. The van der Waals surface area contributed by atoms with Gasteiger partial charge in [-0.3, -0.25) is 0 Å². The zero-order chi connectivity index (χ0) is 14.9. The summed E-state index contributed by atoms with van der Waals surface area (Å²) in [6.45, 7) is 2.62. The molecule has 1 saturated carbocycles. The van der Waals surface area contributed by atoms with Gasteiger partial charge in [-0.25, -0.2) is 13.4 Å². The fourth-order valence-electron chi connectivity index (χ4n) is 3.39. The highest BCUT2D eigenvalue weighted by atomic mass is 32.2. The summed E-state index contributed by atoms with van der Waals surface area (Å²) < 4.78 is 32.5. The minimum absolute atomic E-state index is 0.0149. The van der Waals surface area contributed by atoms with Crippen LogP contribution in [0.4, 0.5) is 0 Å². The van der Waals surface area contributed by atoms with E-state index in [2.05, 4.69) is 4.98 Å². The van der Waals surface area contributed by atoms with E-state index in [1.165, 1.54) is 0 Å². The van der Waals surface area contributed by atoms with Crippen LogP contribution in [0.15, 0.2) is 24.4 Å². The summed E-state index contributed by atoms with van der Waals surface area (Å²) in [5.74, 6) is 1.14. The van der Waals surface area contributed by atoms with E-state index in [1.54, 1.807) is 10.5 Å². The Hall–Kier alpha value is -1.14. The van der Waals surface area contributed by atoms with Crippen LogP contribution in [0.5, 0.6) is 5.88 Å². The predicted molar refractivity (Wildman–Crippen MR) is 80.6 cm³/mol. The summed E-state index contributed by atoms with van der Waals surface area (Å²) in [6.07, 6.45) is 5.21. The lowest BCUT2D eigenvalue weighted by molar-refractivity contribution is 0.161. The number of aromatic nitrogens is 1. The quantitative estimate of drug-likeness (QED) is 0.807. The maximum absolute atomic E-state index is 12.4. The van der Waals surface area contributed by atoms with Crippen LogP contribution in [0, 0.1) is 5.92 Å². The van der Waals surface area contributed by atoms with Gasteiger partial charge in [0.1, 0.15) is 6.10 Å². The van der Waals surface area contributed by atoms with Crippen LogP contribution in [0.25, 0.3) is 0 Å². The molecule has 1 saturated heterocycles. The van der Waals surface area contributed by atoms with Gasteiger partial charge >= 0.3 is 0 Å². The van der Waals surface area contributed by atoms with Crippen molar-refractivity contribution >= 4 is 10.0 Å². The Morgan fingerprint density at radius 3 is 2.95 bits per heavy atom. The normalized spacial score (nSPS) is 28.9. The van der Waals surface area contributed by atoms with Gasteiger partial charge in [0.2, 0.25) is 15.9 Å². The third-order valence-corrected chi connectivity index (χ3v) is 6.41. The summed E-state index contributed by atoms with van der Waals surface area (Å²) in [7, 11) is -3.15. The Morgan fingerprint density at radius 1 is 1.38 bits per heavy atom. The Balaban J connectivity index is 1.72. The standard InChI is InChI=1S/C15H22N2O3S/c1-2-3-10-21(18,19)17-11-12-7-8-13(17)15(12)20-14-6-4-5-9-16-14/h4-6,9,12-13,15H,2-3,7-8,10-11H2,1H3/t12-,13+,15+/m1/s1. The summed E-state index contributed by atoms with van der Waals surface area (Å²) in [4.78, 5) is 4.19. The summed E-state index contributed by atoms with van der Waals surface area (Å²) >= 11 is 0. The molecule has 0 unspecified atom stereocenters. The molecule has 2 bridgehead atoms. The second-order valence-electron chi connectivity index (χ2n) is 5.89. The Bertz CT molecular complexity index is 576. The molecule has 1 aliphatic heterocycles. The molecule has 6 heteroatoms. The number of unbranched alkanes of at least 4 members (excludes halogenated alkanes) is 1. The van der Waals surface area contributed by atoms with Crippen molar-refractivity contribution < 1.29 is 13.2 Å². The van der Waals surface area contributed by atoms with Gasteiger partial charge in [-0.2, -0.15) is 4.31 Å². The van der Waals surface area contributed by atoms with Crippen molar-refractivity contribution in [3.8, 4) is 5.88 Å². The van der Waals surface area contributed by atoms with Crippen LogP contribution in [0.1, 0.15) is 32.6 Å². The van der Waals surface area contributed by atoms with Gasteiger partial charge in [-0.1, -0.05) is 19.4 Å². The highest BCUT2D eigenvalue weighted by Gasteiger charge is 2.52. The molecule has 116 valence electrons. The molecule has 0 radical (unpaired) electrons.